The van der Waals surface area contributed by atoms with Crippen LogP contribution in [0.4, 0.5) is 0 Å². The van der Waals surface area contributed by atoms with Crippen molar-refractivity contribution in [3.63, 3.8) is 0 Å². The Morgan fingerprint density at radius 2 is 2.50 bits per heavy atom. The largest absolute Gasteiger partial charge is 0.399 e. The molecule has 6 nitrogen and oxygen atoms in total. The second kappa shape index (κ2) is 2.90. The molecule has 0 fully saturated rings. The number of oxime groups is 1. The van der Waals surface area contributed by atoms with Crippen LogP contribution in [-0.2, 0) is 11.9 Å². The van der Waals surface area contributed by atoms with E-state index >= 15 is 0 Å². The molecule has 0 unspecified atom stereocenters. The Bertz CT molecular complexity index is 229. The summed E-state index contributed by atoms with van der Waals surface area (Å²) < 4.78 is 1.49. The molecule has 0 saturated carbocycles. The third kappa shape index (κ3) is 1.28. The fourth-order valence-corrected chi connectivity index (χ4v) is 0.446. The first-order valence-electron chi connectivity index (χ1n) is 2.63. The Hall–Kier alpha value is -1.46. The molecule has 1 aromatic heterocycles. The van der Waals surface area contributed by atoms with Crippen LogP contribution in [0.25, 0.3) is 0 Å². The van der Waals surface area contributed by atoms with E-state index in [1.165, 1.54) is 18.0 Å². The number of hydrogen-bond acceptors (Lipinski definition) is 5. The molecule has 0 bridgehead atoms. The Balaban J connectivity index is 2.74. The van der Waals surface area contributed by atoms with Crippen molar-refractivity contribution in [3.05, 3.63) is 5.82 Å². The molecule has 6 heteroatoms. The fourth-order valence-electron chi connectivity index (χ4n) is 0.446. The Morgan fingerprint density at radius 3 is 3.00 bits per heavy atom. The zero-order chi connectivity index (χ0) is 7.40. The van der Waals surface area contributed by atoms with Crippen LogP contribution in [0.1, 0.15) is 5.82 Å². The SMILES string of the molecule is CON=Cc1nnnn1C. The molecule has 0 amide bonds. The molecule has 54 valence electrons. The smallest absolute Gasteiger partial charge is 0.196 e. The second-order valence-electron chi connectivity index (χ2n) is 1.58. The minimum absolute atomic E-state index is 0.557. The van der Waals surface area contributed by atoms with Gasteiger partial charge in [0.1, 0.15) is 13.3 Å². The van der Waals surface area contributed by atoms with E-state index in [1.54, 1.807) is 7.05 Å². The standard InChI is InChI=1S/C4H7N5O/c1-9-4(3-5-10-2)6-7-8-9/h3H,1-2H3. The second-order valence-corrected chi connectivity index (χ2v) is 1.58. The molecular weight excluding hydrogens is 134 g/mol. The van der Waals surface area contributed by atoms with Gasteiger partial charge in [0, 0.05) is 7.05 Å². The minimum atomic E-state index is 0.557. The maximum Gasteiger partial charge on any atom is 0.196 e. The van der Waals surface area contributed by atoms with Crippen LogP contribution in [0.2, 0.25) is 0 Å². The molecule has 0 spiro atoms. The maximum atomic E-state index is 4.43. The Labute approximate surface area is 57.5 Å². The van der Waals surface area contributed by atoms with Crippen LogP contribution >= 0.6 is 0 Å². The normalized spacial score (nSPS) is 10.6. The van der Waals surface area contributed by atoms with Gasteiger partial charge in [-0.3, -0.25) is 0 Å². The monoisotopic (exact) mass is 141 g/mol. The first-order valence-corrected chi connectivity index (χ1v) is 2.63. The van der Waals surface area contributed by atoms with Crippen molar-refractivity contribution in [1.29, 1.82) is 0 Å². The lowest BCUT2D eigenvalue weighted by Gasteiger charge is -1.86. The minimum Gasteiger partial charge on any atom is -0.399 e. The van der Waals surface area contributed by atoms with E-state index < -0.39 is 0 Å². The molecule has 0 atom stereocenters. The molecule has 0 saturated heterocycles. The van der Waals surface area contributed by atoms with E-state index in [0.717, 1.165) is 0 Å². The van der Waals surface area contributed by atoms with Crippen molar-refractivity contribution in [2.75, 3.05) is 7.11 Å². The summed E-state index contributed by atoms with van der Waals surface area (Å²) in [6.07, 6.45) is 1.43. The van der Waals surface area contributed by atoms with E-state index in [0.29, 0.717) is 5.82 Å². The lowest BCUT2D eigenvalue weighted by Crippen LogP contribution is -1.97. The fraction of sp³-hybridized carbons (Fsp3) is 0.500. The van der Waals surface area contributed by atoms with Crippen LogP contribution in [0.5, 0.6) is 0 Å². The van der Waals surface area contributed by atoms with Crippen LogP contribution in [-0.4, -0.2) is 33.5 Å². The molecule has 0 aliphatic heterocycles. The summed E-state index contributed by atoms with van der Waals surface area (Å²) in [6, 6.07) is 0. The van der Waals surface area contributed by atoms with Gasteiger partial charge >= 0.3 is 0 Å². The maximum absolute atomic E-state index is 4.43. The van der Waals surface area contributed by atoms with E-state index in [4.69, 9.17) is 0 Å². The summed E-state index contributed by atoms with van der Waals surface area (Å²) in [5, 5.41) is 14.1. The number of rotatable bonds is 2. The first-order chi connectivity index (χ1) is 4.84. The highest BCUT2D eigenvalue weighted by atomic mass is 16.6. The van der Waals surface area contributed by atoms with E-state index in [9.17, 15) is 0 Å². The van der Waals surface area contributed by atoms with Gasteiger partial charge < -0.3 is 4.84 Å². The predicted octanol–water partition coefficient (Wildman–Crippen LogP) is -0.810. The van der Waals surface area contributed by atoms with Gasteiger partial charge in [0.25, 0.3) is 0 Å². The van der Waals surface area contributed by atoms with Crippen molar-refractivity contribution in [1.82, 2.24) is 20.2 Å². The van der Waals surface area contributed by atoms with Crippen LogP contribution in [0.15, 0.2) is 5.16 Å². The lowest BCUT2D eigenvalue weighted by atomic mass is 10.7. The Morgan fingerprint density at radius 1 is 1.70 bits per heavy atom. The molecular formula is C4H7N5O. The average molecular weight is 141 g/mol. The van der Waals surface area contributed by atoms with Crippen LogP contribution in [0.3, 0.4) is 0 Å². The van der Waals surface area contributed by atoms with Gasteiger partial charge in [-0.05, 0) is 10.4 Å². The van der Waals surface area contributed by atoms with E-state index in [-0.39, 0.29) is 0 Å². The topological polar surface area (TPSA) is 65.2 Å². The van der Waals surface area contributed by atoms with Gasteiger partial charge in [-0.2, -0.15) is 0 Å². The van der Waals surface area contributed by atoms with E-state index in [1.807, 2.05) is 0 Å². The molecule has 0 aliphatic rings. The van der Waals surface area contributed by atoms with Crippen molar-refractivity contribution in [3.8, 4) is 0 Å². The average Bonchev–Trinajstić information content (AvgIpc) is 2.31. The van der Waals surface area contributed by atoms with Gasteiger partial charge in [-0.1, -0.05) is 5.16 Å². The number of tetrazole rings is 1. The summed E-state index contributed by atoms with van der Waals surface area (Å²) >= 11 is 0. The highest BCUT2D eigenvalue weighted by Gasteiger charge is 1.94. The number of hydrogen-bond donors (Lipinski definition) is 0. The summed E-state index contributed by atoms with van der Waals surface area (Å²) in [5.74, 6) is 0.557. The molecule has 0 aliphatic carbocycles. The molecule has 0 N–H and O–H groups in total. The van der Waals surface area contributed by atoms with Gasteiger partial charge in [0.05, 0.1) is 0 Å². The van der Waals surface area contributed by atoms with Crippen molar-refractivity contribution in [2.45, 2.75) is 0 Å². The highest BCUT2D eigenvalue weighted by molar-refractivity contribution is 5.73. The molecule has 1 heterocycles. The molecule has 0 radical (unpaired) electrons. The van der Waals surface area contributed by atoms with Gasteiger partial charge in [-0.25, -0.2) is 4.68 Å². The molecule has 1 aromatic rings. The zero-order valence-electron chi connectivity index (χ0n) is 5.72. The Kier molecular flexibility index (Phi) is 1.93. The molecule has 1 rings (SSSR count). The van der Waals surface area contributed by atoms with Crippen LogP contribution in [0, 0.1) is 0 Å². The number of aromatic nitrogens is 4. The van der Waals surface area contributed by atoms with Crippen molar-refractivity contribution >= 4 is 6.21 Å². The first kappa shape index (κ1) is 6.66. The van der Waals surface area contributed by atoms with E-state index in [2.05, 4.69) is 25.5 Å². The van der Waals surface area contributed by atoms with Gasteiger partial charge in [0.15, 0.2) is 5.82 Å². The highest BCUT2D eigenvalue weighted by Crippen LogP contribution is 1.81. The summed E-state index contributed by atoms with van der Waals surface area (Å²) in [4.78, 5) is 4.43. The van der Waals surface area contributed by atoms with Crippen molar-refractivity contribution < 1.29 is 4.84 Å². The third-order valence-corrected chi connectivity index (χ3v) is 0.926. The summed E-state index contributed by atoms with van der Waals surface area (Å²) in [5.41, 5.74) is 0. The molecule has 10 heavy (non-hydrogen) atoms. The predicted molar refractivity (Wildman–Crippen MR) is 33.4 cm³/mol. The van der Waals surface area contributed by atoms with Gasteiger partial charge in [-0.15, -0.1) is 5.10 Å². The third-order valence-electron chi connectivity index (χ3n) is 0.926. The van der Waals surface area contributed by atoms with Crippen LogP contribution < -0.4 is 0 Å². The molecule has 0 aromatic carbocycles. The quantitative estimate of drug-likeness (QED) is 0.399. The van der Waals surface area contributed by atoms with Gasteiger partial charge in [0.2, 0.25) is 0 Å². The number of nitrogens with zero attached hydrogens (tertiary/aromatic N) is 5. The summed E-state index contributed by atoms with van der Waals surface area (Å²) in [6.45, 7) is 0. The zero-order valence-corrected chi connectivity index (χ0v) is 5.72. The summed E-state index contributed by atoms with van der Waals surface area (Å²) in [7, 11) is 3.18. The number of aryl methyl sites for hydroxylation is 1. The lowest BCUT2D eigenvalue weighted by molar-refractivity contribution is 0.215. The van der Waals surface area contributed by atoms with Crippen molar-refractivity contribution in [2.24, 2.45) is 12.2 Å².